The van der Waals surface area contributed by atoms with Gasteiger partial charge < -0.3 is 5.11 Å². The second-order valence-corrected chi connectivity index (χ2v) is 6.57. The highest BCUT2D eigenvalue weighted by atomic mass is 35.5. The van der Waals surface area contributed by atoms with Gasteiger partial charge in [-0.25, -0.2) is 8.42 Å². The summed E-state index contributed by atoms with van der Waals surface area (Å²) in [5.74, 6) is 0.448. The summed E-state index contributed by atoms with van der Waals surface area (Å²) < 4.78 is 25.5. The molecule has 0 saturated carbocycles. The first-order chi connectivity index (χ1) is 7.61. The van der Waals surface area contributed by atoms with E-state index in [4.69, 9.17) is 11.6 Å². The van der Waals surface area contributed by atoms with Gasteiger partial charge in [-0.15, -0.1) is 11.6 Å². The van der Waals surface area contributed by atoms with Gasteiger partial charge in [0, 0.05) is 18.5 Å². The van der Waals surface area contributed by atoms with Crippen molar-refractivity contribution in [3.8, 4) is 0 Å². The number of hydrogen-bond donors (Lipinski definition) is 1. The highest BCUT2D eigenvalue weighted by Crippen LogP contribution is 2.20. The molecule has 0 aliphatic carbocycles. The predicted octanol–water partition coefficient (Wildman–Crippen LogP) is 1.18. The molecular formula is C10H20ClNO3S. The molecular weight excluding hydrogens is 250 g/mol. The lowest BCUT2D eigenvalue weighted by Crippen LogP contribution is -2.43. The van der Waals surface area contributed by atoms with E-state index < -0.39 is 10.0 Å². The summed E-state index contributed by atoms with van der Waals surface area (Å²) in [6.45, 7) is 0.454. The maximum Gasteiger partial charge on any atom is 0.214 e. The van der Waals surface area contributed by atoms with E-state index in [0.717, 1.165) is 25.7 Å². The van der Waals surface area contributed by atoms with E-state index in [1.807, 2.05) is 0 Å². The van der Waals surface area contributed by atoms with Gasteiger partial charge in [-0.1, -0.05) is 12.8 Å². The summed E-state index contributed by atoms with van der Waals surface area (Å²) in [7, 11) is -3.24. The molecule has 1 N–H and O–H groups in total. The molecule has 1 rings (SSSR count). The molecule has 6 heteroatoms. The van der Waals surface area contributed by atoms with E-state index in [1.54, 1.807) is 0 Å². The number of aliphatic hydroxyl groups excluding tert-OH is 1. The number of sulfonamides is 1. The highest BCUT2D eigenvalue weighted by molar-refractivity contribution is 7.89. The van der Waals surface area contributed by atoms with Crippen molar-refractivity contribution in [2.75, 3.05) is 24.8 Å². The van der Waals surface area contributed by atoms with Crippen LogP contribution in [0.3, 0.4) is 0 Å². The Morgan fingerprint density at radius 3 is 2.69 bits per heavy atom. The number of aliphatic hydroxyl groups is 1. The lowest BCUT2D eigenvalue weighted by Gasteiger charge is -2.27. The number of alkyl halides is 1. The van der Waals surface area contributed by atoms with Crippen LogP contribution >= 0.6 is 11.6 Å². The molecule has 1 heterocycles. The lowest BCUT2D eigenvalue weighted by molar-refractivity contribution is 0.186. The average Bonchev–Trinajstić information content (AvgIpc) is 2.51. The summed E-state index contributed by atoms with van der Waals surface area (Å²) in [5, 5.41) is 9.24. The minimum atomic E-state index is -3.24. The first-order valence-electron chi connectivity index (χ1n) is 5.78. The van der Waals surface area contributed by atoms with Crippen molar-refractivity contribution in [3.05, 3.63) is 0 Å². The molecule has 0 bridgehead atoms. The largest absolute Gasteiger partial charge is 0.395 e. The molecule has 0 spiro atoms. The van der Waals surface area contributed by atoms with E-state index in [2.05, 4.69) is 0 Å². The number of rotatable bonds is 5. The molecule has 16 heavy (non-hydrogen) atoms. The minimum Gasteiger partial charge on any atom is -0.395 e. The zero-order chi connectivity index (χ0) is 12.0. The van der Waals surface area contributed by atoms with Crippen molar-refractivity contribution in [2.45, 2.75) is 38.1 Å². The zero-order valence-electron chi connectivity index (χ0n) is 9.44. The number of hydrogen-bond acceptors (Lipinski definition) is 3. The first-order valence-corrected chi connectivity index (χ1v) is 7.92. The second kappa shape index (κ2) is 6.79. The highest BCUT2D eigenvalue weighted by Gasteiger charge is 2.29. The van der Waals surface area contributed by atoms with Gasteiger partial charge >= 0.3 is 0 Å². The monoisotopic (exact) mass is 269 g/mol. The molecule has 0 amide bonds. The molecule has 0 aromatic carbocycles. The van der Waals surface area contributed by atoms with E-state index >= 15 is 0 Å². The van der Waals surface area contributed by atoms with E-state index in [0.29, 0.717) is 18.8 Å². The Balaban J connectivity index is 2.72. The fourth-order valence-corrected chi connectivity index (χ4v) is 4.12. The SMILES string of the molecule is O=S(=O)(CCCCl)N1CCCCCC1CO. The number of nitrogens with zero attached hydrogens (tertiary/aromatic N) is 1. The van der Waals surface area contributed by atoms with Gasteiger partial charge in [0.15, 0.2) is 0 Å². The van der Waals surface area contributed by atoms with Gasteiger partial charge in [-0.2, -0.15) is 4.31 Å². The summed E-state index contributed by atoms with van der Waals surface area (Å²) in [6.07, 6.45) is 4.15. The fraction of sp³-hybridized carbons (Fsp3) is 1.00. The quantitative estimate of drug-likeness (QED) is 0.763. The normalized spacial score (nSPS) is 24.2. The van der Waals surface area contributed by atoms with Crippen LogP contribution in [0.1, 0.15) is 32.1 Å². The van der Waals surface area contributed by atoms with Crippen molar-refractivity contribution in [1.82, 2.24) is 4.31 Å². The Labute approximate surface area is 103 Å². The molecule has 1 unspecified atom stereocenters. The van der Waals surface area contributed by atoms with Crippen LogP contribution < -0.4 is 0 Å². The van der Waals surface area contributed by atoms with Crippen LogP contribution in [-0.4, -0.2) is 48.7 Å². The molecule has 4 nitrogen and oxygen atoms in total. The second-order valence-electron chi connectivity index (χ2n) is 4.15. The maximum absolute atomic E-state index is 12.0. The Hall–Kier alpha value is 0.160. The van der Waals surface area contributed by atoms with Gasteiger partial charge in [0.25, 0.3) is 0 Å². The summed E-state index contributed by atoms with van der Waals surface area (Å²) in [6, 6.07) is -0.233. The third-order valence-corrected chi connectivity index (χ3v) is 5.19. The van der Waals surface area contributed by atoms with E-state index in [-0.39, 0.29) is 18.4 Å². The Morgan fingerprint density at radius 2 is 2.06 bits per heavy atom. The zero-order valence-corrected chi connectivity index (χ0v) is 11.0. The molecule has 1 saturated heterocycles. The Kier molecular flexibility index (Phi) is 6.03. The molecule has 1 fully saturated rings. The van der Waals surface area contributed by atoms with Gasteiger partial charge in [0.05, 0.1) is 12.4 Å². The van der Waals surface area contributed by atoms with Crippen LogP contribution in [0.5, 0.6) is 0 Å². The van der Waals surface area contributed by atoms with Crippen LogP contribution in [-0.2, 0) is 10.0 Å². The van der Waals surface area contributed by atoms with Crippen LogP contribution in [0.25, 0.3) is 0 Å². The summed E-state index contributed by atoms with van der Waals surface area (Å²) in [5.41, 5.74) is 0. The maximum atomic E-state index is 12.0. The first kappa shape index (κ1) is 14.2. The minimum absolute atomic E-state index is 0.0832. The van der Waals surface area contributed by atoms with Crippen molar-refractivity contribution < 1.29 is 13.5 Å². The number of halogens is 1. The molecule has 0 aromatic heterocycles. The predicted molar refractivity (Wildman–Crippen MR) is 65.2 cm³/mol. The molecule has 0 aromatic rings. The van der Waals surface area contributed by atoms with Crippen LogP contribution in [0.2, 0.25) is 0 Å². The Morgan fingerprint density at radius 1 is 1.31 bits per heavy atom. The van der Waals surface area contributed by atoms with Crippen molar-refractivity contribution >= 4 is 21.6 Å². The Bertz CT molecular complexity index is 294. The smallest absolute Gasteiger partial charge is 0.214 e. The third kappa shape index (κ3) is 3.87. The van der Waals surface area contributed by atoms with Gasteiger partial charge in [-0.05, 0) is 19.3 Å². The lowest BCUT2D eigenvalue weighted by atomic mass is 10.1. The topological polar surface area (TPSA) is 57.6 Å². The van der Waals surface area contributed by atoms with E-state index in [1.165, 1.54) is 4.31 Å². The van der Waals surface area contributed by atoms with Gasteiger partial charge in [0.1, 0.15) is 0 Å². The van der Waals surface area contributed by atoms with Gasteiger partial charge in [-0.3, -0.25) is 0 Å². The standard InChI is InChI=1S/C10H20ClNO3S/c11-6-4-8-16(14,15)12-7-3-1-2-5-10(12)9-13/h10,13H,1-9H2. The summed E-state index contributed by atoms with van der Waals surface area (Å²) >= 11 is 5.52. The van der Waals surface area contributed by atoms with Crippen molar-refractivity contribution in [2.24, 2.45) is 0 Å². The third-order valence-electron chi connectivity index (χ3n) is 2.93. The van der Waals surface area contributed by atoms with Crippen LogP contribution in [0.4, 0.5) is 0 Å². The van der Waals surface area contributed by atoms with Crippen molar-refractivity contribution in [1.29, 1.82) is 0 Å². The molecule has 1 atom stereocenters. The van der Waals surface area contributed by atoms with Crippen molar-refractivity contribution in [3.63, 3.8) is 0 Å². The molecule has 1 aliphatic heterocycles. The van der Waals surface area contributed by atoms with Crippen LogP contribution in [0, 0.1) is 0 Å². The van der Waals surface area contributed by atoms with Gasteiger partial charge in [0.2, 0.25) is 10.0 Å². The molecule has 0 radical (unpaired) electrons. The summed E-state index contributed by atoms with van der Waals surface area (Å²) in [4.78, 5) is 0. The molecule has 96 valence electrons. The van der Waals surface area contributed by atoms with Crippen LogP contribution in [0.15, 0.2) is 0 Å². The average molecular weight is 270 g/mol. The van der Waals surface area contributed by atoms with E-state index in [9.17, 15) is 13.5 Å². The fourth-order valence-electron chi connectivity index (χ4n) is 2.05. The molecule has 1 aliphatic rings.